The molecule has 5 nitrogen and oxygen atoms in total. The summed E-state index contributed by atoms with van der Waals surface area (Å²) in [5, 5.41) is 9.11. The molecule has 1 heterocycles. The third kappa shape index (κ3) is 5.80. The van der Waals surface area contributed by atoms with Crippen molar-refractivity contribution in [2.45, 2.75) is 30.7 Å². The standard InChI is InChI=1S/C22H18ClF7N2O3/c1-31(19(33)12-6-13(21(25,26)27)9-14(7-12)22(28,29)30)18-4-5-32(20(34)35)10-15(18)11-2-3-17(24)16(23)8-11/h2-3,6-9,15,18H,4-5,10H2,1H3,(H,34,35)/t15-,18+/m0/s1. The number of benzene rings is 2. The smallest absolute Gasteiger partial charge is 0.416 e. The maximum Gasteiger partial charge on any atom is 0.416 e. The second-order valence-electron chi connectivity index (χ2n) is 8.08. The van der Waals surface area contributed by atoms with E-state index in [-0.39, 0.29) is 30.6 Å². The molecule has 1 aliphatic heterocycles. The molecule has 0 radical (unpaired) electrons. The fraction of sp³-hybridized carbons (Fsp3) is 0.364. The average Bonchev–Trinajstić information content (AvgIpc) is 2.78. The quantitative estimate of drug-likeness (QED) is 0.490. The third-order valence-electron chi connectivity index (χ3n) is 5.87. The van der Waals surface area contributed by atoms with Gasteiger partial charge in [-0.15, -0.1) is 0 Å². The Labute approximate surface area is 199 Å². The predicted molar refractivity (Wildman–Crippen MR) is 111 cm³/mol. The van der Waals surface area contributed by atoms with Crippen LogP contribution in [0.5, 0.6) is 0 Å². The molecule has 1 saturated heterocycles. The van der Waals surface area contributed by atoms with Crippen molar-refractivity contribution >= 4 is 23.6 Å². The van der Waals surface area contributed by atoms with Crippen LogP contribution in [0.3, 0.4) is 0 Å². The number of likely N-dealkylation sites (N-methyl/N-ethyl adjacent to an activating group) is 1. The fourth-order valence-corrected chi connectivity index (χ4v) is 4.27. The summed E-state index contributed by atoms with van der Waals surface area (Å²) in [4.78, 5) is 26.6. The van der Waals surface area contributed by atoms with Gasteiger partial charge in [-0.25, -0.2) is 9.18 Å². The second kappa shape index (κ2) is 9.56. The molecule has 2 aromatic rings. The first-order chi connectivity index (χ1) is 16.1. The summed E-state index contributed by atoms with van der Waals surface area (Å²) in [6.07, 6.45) is -11.5. The minimum absolute atomic E-state index is 0.0271. The van der Waals surface area contributed by atoms with E-state index >= 15 is 0 Å². The number of carboxylic acid groups (broad SMARTS) is 1. The Morgan fingerprint density at radius 3 is 2.09 bits per heavy atom. The van der Waals surface area contributed by atoms with Gasteiger partial charge < -0.3 is 14.9 Å². The van der Waals surface area contributed by atoms with Crippen molar-refractivity contribution in [2.24, 2.45) is 0 Å². The van der Waals surface area contributed by atoms with E-state index in [0.717, 1.165) is 15.9 Å². The van der Waals surface area contributed by atoms with Gasteiger partial charge in [0.05, 0.1) is 16.1 Å². The lowest BCUT2D eigenvalue weighted by atomic mass is 9.85. The fourth-order valence-electron chi connectivity index (χ4n) is 4.08. The topological polar surface area (TPSA) is 60.9 Å². The third-order valence-corrected chi connectivity index (χ3v) is 6.16. The van der Waals surface area contributed by atoms with Crippen LogP contribution >= 0.6 is 11.6 Å². The maximum atomic E-state index is 13.7. The molecule has 2 aromatic carbocycles. The SMILES string of the molecule is CN(C(=O)c1cc(C(F)(F)F)cc(C(F)(F)F)c1)[C@@H]1CCN(C(=O)O)C[C@H]1c1ccc(F)c(Cl)c1. The number of piperidine rings is 1. The van der Waals surface area contributed by atoms with Crippen molar-refractivity contribution in [2.75, 3.05) is 20.1 Å². The monoisotopic (exact) mass is 526 g/mol. The van der Waals surface area contributed by atoms with Gasteiger partial charge in [-0.2, -0.15) is 26.3 Å². The molecule has 0 saturated carbocycles. The van der Waals surface area contributed by atoms with Crippen LogP contribution in [-0.2, 0) is 12.4 Å². The van der Waals surface area contributed by atoms with Crippen LogP contribution in [0.2, 0.25) is 5.02 Å². The van der Waals surface area contributed by atoms with Crippen molar-refractivity contribution in [3.05, 3.63) is 69.5 Å². The molecule has 0 aliphatic carbocycles. The average molecular weight is 527 g/mol. The maximum absolute atomic E-state index is 13.7. The lowest BCUT2D eigenvalue weighted by Crippen LogP contribution is -2.51. The number of likely N-dealkylation sites (tertiary alicyclic amines) is 1. The number of hydrogen-bond donors (Lipinski definition) is 1. The van der Waals surface area contributed by atoms with E-state index in [4.69, 9.17) is 11.6 Å². The molecule has 2 amide bonds. The van der Waals surface area contributed by atoms with E-state index in [1.54, 1.807) is 0 Å². The molecule has 0 spiro atoms. The Balaban J connectivity index is 2.02. The summed E-state index contributed by atoms with van der Waals surface area (Å²) in [5.74, 6) is -2.64. The number of carbonyl (C=O) groups is 2. The molecule has 1 N–H and O–H groups in total. The molecule has 190 valence electrons. The minimum atomic E-state index is -5.13. The predicted octanol–water partition coefficient (Wildman–Crippen LogP) is 6.12. The minimum Gasteiger partial charge on any atom is -0.465 e. The van der Waals surface area contributed by atoms with E-state index in [1.807, 2.05) is 0 Å². The van der Waals surface area contributed by atoms with E-state index in [0.29, 0.717) is 17.7 Å². The Hall–Kier alpha value is -3.02. The van der Waals surface area contributed by atoms with Crippen LogP contribution in [0.15, 0.2) is 36.4 Å². The molecule has 0 bridgehead atoms. The van der Waals surface area contributed by atoms with Gasteiger partial charge in [0.25, 0.3) is 5.91 Å². The van der Waals surface area contributed by atoms with E-state index in [2.05, 4.69) is 0 Å². The van der Waals surface area contributed by atoms with Crippen LogP contribution in [-0.4, -0.2) is 53.1 Å². The van der Waals surface area contributed by atoms with Gasteiger partial charge in [-0.1, -0.05) is 17.7 Å². The van der Waals surface area contributed by atoms with Crippen molar-refractivity contribution in [1.29, 1.82) is 0 Å². The molecule has 0 unspecified atom stereocenters. The Morgan fingerprint density at radius 2 is 1.60 bits per heavy atom. The summed E-state index contributed by atoms with van der Waals surface area (Å²) in [6, 6.07) is 3.38. The zero-order valence-electron chi connectivity index (χ0n) is 17.9. The number of rotatable bonds is 3. The summed E-state index contributed by atoms with van der Waals surface area (Å²) >= 11 is 5.84. The summed E-state index contributed by atoms with van der Waals surface area (Å²) in [6.45, 7) is -0.199. The highest BCUT2D eigenvalue weighted by atomic mass is 35.5. The van der Waals surface area contributed by atoms with Gasteiger partial charge in [0.2, 0.25) is 0 Å². The number of carbonyl (C=O) groups excluding carboxylic acids is 1. The number of nitrogens with zero attached hydrogens (tertiary/aromatic N) is 2. The lowest BCUT2D eigenvalue weighted by Gasteiger charge is -2.42. The second-order valence-corrected chi connectivity index (χ2v) is 8.48. The van der Waals surface area contributed by atoms with E-state index in [1.165, 1.54) is 19.2 Å². The molecule has 13 heteroatoms. The first-order valence-corrected chi connectivity index (χ1v) is 10.5. The van der Waals surface area contributed by atoms with E-state index < -0.39 is 58.8 Å². The summed E-state index contributed by atoms with van der Waals surface area (Å²) < 4.78 is 93.0. The Bertz CT molecular complexity index is 1100. The molecule has 35 heavy (non-hydrogen) atoms. The van der Waals surface area contributed by atoms with Crippen LogP contribution in [0.25, 0.3) is 0 Å². The zero-order valence-corrected chi connectivity index (χ0v) is 18.7. The van der Waals surface area contributed by atoms with Gasteiger partial charge in [0.15, 0.2) is 0 Å². The van der Waals surface area contributed by atoms with Gasteiger partial charge in [-0.3, -0.25) is 4.79 Å². The first kappa shape index (κ1) is 26.6. The molecular weight excluding hydrogens is 509 g/mol. The van der Waals surface area contributed by atoms with Crippen molar-refractivity contribution in [1.82, 2.24) is 9.80 Å². The number of halogens is 8. The van der Waals surface area contributed by atoms with Gasteiger partial charge in [0, 0.05) is 37.7 Å². The zero-order chi connectivity index (χ0) is 26.3. The highest BCUT2D eigenvalue weighted by Crippen LogP contribution is 2.38. The highest BCUT2D eigenvalue weighted by molar-refractivity contribution is 6.30. The normalized spacial score (nSPS) is 18.9. The highest BCUT2D eigenvalue weighted by Gasteiger charge is 2.40. The molecule has 2 atom stereocenters. The van der Waals surface area contributed by atoms with Crippen LogP contribution in [0.1, 0.15) is 39.4 Å². The molecule has 1 aliphatic rings. The van der Waals surface area contributed by atoms with Crippen LogP contribution in [0.4, 0.5) is 35.5 Å². The molecule has 3 rings (SSSR count). The molecule has 1 fully saturated rings. The van der Waals surface area contributed by atoms with Crippen LogP contribution in [0, 0.1) is 5.82 Å². The van der Waals surface area contributed by atoms with Gasteiger partial charge in [0.1, 0.15) is 5.82 Å². The first-order valence-electron chi connectivity index (χ1n) is 10.1. The van der Waals surface area contributed by atoms with Crippen LogP contribution < -0.4 is 0 Å². The summed E-state index contributed by atoms with van der Waals surface area (Å²) in [5.41, 5.74) is -3.74. The number of hydrogen-bond acceptors (Lipinski definition) is 2. The largest absolute Gasteiger partial charge is 0.465 e. The van der Waals surface area contributed by atoms with Gasteiger partial charge in [-0.05, 0) is 42.3 Å². The summed E-state index contributed by atoms with van der Waals surface area (Å²) in [7, 11) is 1.20. The van der Waals surface area contributed by atoms with Gasteiger partial charge >= 0.3 is 18.4 Å². The lowest BCUT2D eigenvalue weighted by molar-refractivity contribution is -0.143. The van der Waals surface area contributed by atoms with E-state index in [9.17, 15) is 45.4 Å². The Kier molecular flexibility index (Phi) is 7.26. The van der Waals surface area contributed by atoms with Crippen molar-refractivity contribution < 1.29 is 45.4 Å². The molecule has 0 aromatic heterocycles. The van der Waals surface area contributed by atoms with Crippen molar-refractivity contribution in [3.63, 3.8) is 0 Å². The number of alkyl halides is 6. The Morgan fingerprint density at radius 1 is 1.03 bits per heavy atom. The van der Waals surface area contributed by atoms with Crippen molar-refractivity contribution in [3.8, 4) is 0 Å². The molecular formula is C22H18ClF7N2O3. The number of amides is 2.